The molecule has 1 amide bonds. The highest BCUT2D eigenvalue weighted by Gasteiger charge is 2.47. The topological polar surface area (TPSA) is 52.6 Å². The molecule has 3 atom stereocenters. The van der Waals surface area contributed by atoms with Crippen LogP contribution in [0.2, 0.25) is 0 Å². The van der Waals surface area contributed by atoms with Crippen LogP contribution in [0.1, 0.15) is 18.4 Å². The van der Waals surface area contributed by atoms with Gasteiger partial charge in [0.1, 0.15) is 0 Å². The number of hydrogen-bond acceptors (Lipinski definition) is 2. The summed E-state index contributed by atoms with van der Waals surface area (Å²) in [5.74, 6) is 0.495. The van der Waals surface area contributed by atoms with E-state index in [1.807, 2.05) is 6.07 Å². The Balaban J connectivity index is 1.68. The van der Waals surface area contributed by atoms with Crippen molar-refractivity contribution in [3.63, 3.8) is 0 Å². The molecule has 3 unspecified atom stereocenters. The van der Waals surface area contributed by atoms with Crippen LogP contribution in [0, 0.1) is 5.92 Å². The minimum atomic E-state index is -0.890. The van der Waals surface area contributed by atoms with Crippen molar-refractivity contribution in [3.8, 4) is 0 Å². The van der Waals surface area contributed by atoms with Crippen LogP contribution in [0.4, 0.5) is 4.79 Å². The molecule has 1 saturated carbocycles. The lowest BCUT2D eigenvalue weighted by atomic mass is 10.1. The van der Waals surface area contributed by atoms with Crippen LogP contribution < -0.4 is 5.32 Å². The molecule has 1 aromatic rings. The van der Waals surface area contributed by atoms with Crippen molar-refractivity contribution < 1.29 is 9.90 Å². The molecule has 1 aromatic carbocycles. The Labute approximate surface area is 107 Å². The Morgan fingerprint density at radius 3 is 2.83 bits per heavy atom. The second kappa shape index (κ2) is 4.61. The maximum atomic E-state index is 10.8. The van der Waals surface area contributed by atoms with Gasteiger partial charge in [0.2, 0.25) is 0 Å². The standard InChI is InChI=1S/C14H18N2O2/c17-14(18)15-13-11-6-7-12(13)16(9-11)8-10-4-2-1-3-5-10/h1-5,11-13,15H,6-9H2,(H,17,18). The van der Waals surface area contributed by atoms with Gasteiger partial charge in [-0.25, -0.2) is 4.79 Å². The number of likely N-dealkylation sites (tertiary alicyclic amines) is 1. The highest BCUT2D eigenvalue weighted by atomic mass is 16.4. The number of piperidine rings is 1. The van der Waals surface area contributed by atoms with E-state index >= 15 is 0 Å². The number of benzene rings is 1. The molecule has 0 aromatic heterocycles. The highest BCUT2D eigenvalue weighted by molar-refractivity contribution is 5.65. The Morgan fingerprint density at radius 1 is 1.33 bits per heavy atom. The molecule has 0 radical (unpaired) electrons. The second-order valence-electron chi connectivity index (χ2n) is 5.30. The molecule has 0 spiro atoms. The number of rotatable bonds is 3. The zero-order valence-corrected chi connectivity index (χ0v) is 10.2. The van der Waals surface area contributed by atoms with Gasteiger partial charge in [0, 0.05) is 19.1 Å². The Morgan fingerprint density at radius 2 is 2.11 bits per heavy atom. The van der Waals surface area contributed by atoms with Gasteiger partial charge in [-0.3, -0.25) is 4.90 Å². The Hall–Kier alpha value is -1.55. The summed E-state index contributed by atoms with van der Waals surface area (Å²) in [7, 11) is 0. The average molecular weight is 246 g/mol. The summed E-state index contributed by atoms with van der Waals surface area (Å²) in [5.41, 5.74) is 1.30. The monoisotopic (exact) mass is 246 g/mol. The van der Waals surface area contributed by atoms with E-state index in [4.69, 9.17) is 5.11 Å². The van der Waals surface area contributed by atoms with E-state index in [1.165, 1.54) is 5.56 Å². The predicted octanol–water partition coefficient (Wildman–Crippen LogP) is 1.92. The van der Waals surface area contributed by atoms with Crippen molar-refractivity contribution in [2.24, 2.45) is 5.92 Å². The van der Waals surface area contributed by atoms with Crippen LogP contribution in [0.15, 0.2) is 30.3 Å². The van der Waals surface area contributed by atoms with Crippen molar-refractivity contribution in [2.75, 3.05) is 6.54 Å². The van der Waals surface area contributed by atoms with E-state index in [-0.39, 0.29) is 6.04 Å². The summed E-state index contributed by atoms with van der Waals surface area (Å²) in [4.78, 5) is 13.2. The molecule has 18 heavy (non-hydrogen) atoms. The molecule has 2 bridgehead atoms. The van der Waals surface area contributed by atoms with Gasteiger partial charge in [0.15, 0.2) is 0 Å². The largest absolute Gasteiger partial charge is 0.465 e. The third kappa shape index (κ3) is 2.08. The van der Waals surface area contributed by atoms with Crippen LogP contribution in [-0.4, -0.2) is 34.7 Å². The SMILES string of the molecule is O=C(O)NC1C2CCC1N(Cc1ccccc1)C2. The van der Waals surface area contributed by atoms with Crippen LogP contribution in [0.25, 0.3) is 0 Å². The number of carbonyl (C=O) groups is 1. The van der Waals surface area contributed by atoms with Crippen LogP contribution >= 0.6 is 0 Å². The maximum Gasteiger partial charge on any atom is 0.404 e. The number of fused-ring (bicyclic) bond motifs is 2. The summed E-state index contributed by atoms with van der Waals surface area (Å²) in [6.45, 7) is 1.95. The fraction of sp³-hybridized carbons (Fsp3) is 0.500. The number of carboxylic acid groups (broad SMARTS) is 1. The lowest BCUT2D eigenvalue weighted by molar-refractivity contribution is 0.180. The average Bonchev–Trinajstić information content (AvgIpc) is 2.86. The molecular weight excluding hydrogens is 228 g/mol. The molecule has 2 N–H and O–H groups in total. The minimum Gasteiger partial charge on any atom is -0.465 e. The summed E-state index contributed by atoms with van der Waals surface area (Å²) in [6.07, 6.45) is 1.38. The van der Waals surface area contributed by atoms with Gasteiger partial charge in [-0.05, 0) is 24.3 Å². The molecule has 4 heteroatoms. The Bertz CT molecular complexity index is 435. The van der Waals surface area contributed by atoms with Crippen LogP contribution in [-0.2, 0) is 6.54 Å². The van der Waals surface area contributed by atoms with Crippen molar-refractivity contribution in [2.45, 2.75) is 31.5 Å². The van der Waals surface area contributed by atoms with Gasteiger partial charge in [-0.2, -0.15) is 0 Å². The zero-order valence-electron chi connectivity index (χ0n) is 10.2. The summed E-state index contributed by atoms with van der Waals surface area (Å²) >= 11 is 0. The number of amides is 1. The first-order valence-electron chi connectivity index (χ1n) is 6.51. The Kier molecular flexibility index (Phi) is 2.96. The summed E-state index contributed by atoms with van der Waals surface area (Å²) in [5, 5.41) is 11.6. The third-order valence-corrected chi connectivity index (χ3v) is 4.21. The molecule has 1 heterocycles. The van der Waals surface area contributed by atoms with Gasteiger partial charge in [0.25, 0.3) is 0 Å². The molecule has 2 fully saturated rings. The van der Waals surface area contributed by atoms with Gasteiger partial charge in [-0.1, -0.05) is 30.3 Å². The second-order valence-corrected chi connectivity index (χ2v) is 5.30. The molecular formula is C14H18N2O2. The molecule has 1 saturated heterocycles. The number of nitrogens with zero attached hydrogens (tertiary/aromatic N) is 1. The normalized spacial score (nSPS) is 30.6. The van der Waals surface area contributed by atoms with E-state index in [0.717, 1.165) is 25.9 Å². The van der Waals surface area contributed by atoms with E-state index < -0.39 is 6.09 Å². The molecule has 96 valence electrons. The summed E-state index contributed by atoms with van der Waals surface area (Å²) in [6, 6.07) is 10.9. The first kappa shape index (κ1) is 11.5. The van der Waals surface area contributed by atoms with Gasteiger partial charge >= 0.3 is 6.09 Å². The molecule has 2 aliphatic rings. The maximum absolute atomic E-state index is 10.8. The number of nitrogens with one attached hydrogen (secondary N) is 1. The first-order chi connectivity index (χ1) is 8.74. The van der Waals surface area contributed by atoms with Crippen LogP contribution in [0.5, 0.6) is 0 Å². The van der Waals surface area contributed by atoms with Gasteiger partial charge in [-0.15, -0.1) is 0 Å². The highest BCUT2D eigenvalue weighted by Crippen LogP contribution is 2.38. The molecule has 3 rings (SSSR count). The predicted molar refractivity (Wildman–Crippen MR) is 68.3 cm³/mol. The molecule has 4 nitrogen and oxygen atoms in total. The van der Waals surface area contributed by atoms with Gasteiger partial charge < -0.3 is 10.4 Å². The molecule has 1 aliphatic carbocycles. The van der Waals surface area contributed by atoms with E-state index in [1.54, 1.807) is 0 Å². The fourth-order valence-corrected chi connectivity index (χ4v) is 3.47. The van der Waals surface area contributed by atoms with E-state index in [2.05, 4.69) is 34.5 Å². The first-order valence-corrected chi connectivity index (χ1v) is 6.51. The fourth-order valence-electron chi connectivity index (χ4n) is 3.47. The smallest absolute Gasteiger partial charge is 0.404 e. The lowest BCUT2D eigenvalue weighted by Crippen LogP contribution is -2.42. The lowest BCUT2D eigenvalue weighted by Gasteiger charge is -2.27. The van der Waals surface area contributed by atoms with Crippen molar-refractivity contribution in [1.29, 1.82) is 0 Å². The van der Waals surface area contributed by atoms with Crippen molar-refractivity contribution in [1.82, 2.24) is 10.2 Å². The molecule has 1 aliphatic heterocycles. The zero-order chi connectivity index (χ0) is 12.5. The van der Waals surface area contributed by atoms with E-state index in [0.29, 0.717) is 12.0 Å². The van der Waals surface area contributed by atoms with Gasteiger partial charge in [0.05, 0.1) is 6.04 Å². The minimum absolute atomic E-state index is 0.131. The van der Waals surface area contributed by atoms with Crippen molar-refractivity contribution in [3.05, 3.63) is 35.9 Å². The quantitative estimate of drug-likeness (QED) is 0.856. The number of hydrogen-bond donors (Lipinski definition) is 2. The van der Waals surface area contributed by atoms with E-state index in [9.17, 15) is 4.79 Å². The van der Waals surface area contributed by atoms with Crippen LogP contribution in [0.3, 0.4) is 0 Å². The van der Waals surface area contributed by atoms with Crippen molar-refractivity contribution >= 4 is 6.09 Å². The third-order valence-electron chi connectivity index (χ3n) is 4.21. The summed E-state index contributed by atoms with van der Waals surface area (Å²) < 4.78 is 0.